The van der Waals surface area contributed by atoms with Gasteiger partial charge in [0.05, 0.1) is 11.5 Å². The molecule has 1 heteroatoms. The highest BCUT2D eigenvalue weighted by atomic mass is 15.2. The SMILES string of the molecule is C1=CC2C(C=C1)C1(c3ccccc3-c3cccc(-c4ccc(-c5ccc6c7ccccc7c7ccccc7c6c5)cc4)c31)c1ccccc1N2c1ccccc1. The Bertz CT molecular complexity index is 3060. The molecule has 0 fully saturated rings. The van der Waals surface area contributed by atoms with Gasteiger partial charge in [-0.2, -0.15) is 0 Å². The van der Waals surface area contributed by atoms with Crippen molar-refractivity contribution in [2.45, 2.75) is 11.5 Å². The maximum absolute atomic E-state index is 2.57. The molecular weight excluding hydrogens is 675 g/mol. The molecule has 0 radical (unpaired) electrons. The van der Waals surface area contributed by atoms with Gasteiger partial charge in [-0.05, 0) is 107 Å². The minimum Gasteiger partial charge on any atom is -0.334 e. The summed E-state index contributed by atoms with van der Waals surface area (Å²) >= 11 is 0. The zero-order valence-corrected chi connectivity index (χ0v) is 30.8. The van der Waals surface area contributed by atoms with Gasteiger partial charge < -0.3 is 4.90 Å². The molecular formula is C55H37N. The molecule has 12 rings (SSSR count). The van der Waals surface area contributed by atoms with Crippen LogP contribution in [0.25, 0.3) is 65.7 Å². The molecule has 3 atom stereocenters. The van der Waals surface area contributed by atoms with Crippen LogP contribution in [0.4, 0.5) is 11.4 Å². The van der Waals surface area contributed by atoms with E-state index in [-0.39, 0.29) is 12.0 Å². The van der Waals surface area contributed by atoms with E-state index in [1.807, 2.05) is 0 Å². The maximum Gasteiger partial charge on any atom is 0.0603 e. The van der Waals surface area contributed by atoms with E-state index in [0.717, 1.165) is 0 Å². The molecule has 1 aliphatic heterocycles. The van der Waals surface area contributed by atoms with Crippen LogP contribution in [0.5, 0.6) is 0 Å². The second-order valence-electron chi connectivity index (χ2n) is 15.5. The minimum absolute atomic E-state index is 0.132. The van der Waals surface area contributed by atoms with Gasteiger partial charge in [-0.3, -0.25) is 0 Å². The monoisotopic (exact) mass is 711 g/mol. The van der Waals surface area contributed by atoms with Gasteiger partial charge in [-0.15, -0.1) is 0 Å². The Balaban J connectivity index is 1.05. The predicted octanol–water partition coefficient (Wildman–Crippen LogP) is 14.1. The van der Waals surface area contributed by atoms with Crippen LogP contribution in [-0.4, -0.2) is 6.04 Å². The first kappa shape index (κ1) is 31.4. The third-order valence-electron chi connectivity index (χ3n) is 12.9. The molecule has 1 nitrogen and oxygen atoms in total. The fourth-order valence-electron chi connectivity index (χ4n) is 10.7. The molecule has 1 spiro atoms. The number of allylic oxidation sites excluding steroid dienone is 2. The lowest BCUT2D eigenvalue weighted by Crippen LogP contribution is -2.52. The number of rotatable bonds is 3. The van der Waals surface area contributed by atoms with Gasteiger partial charge in [-0.25, -0.2) is 0 Å². The Morgan fingerprint density at radius 1 is 0.375 bits per heavy atom. The van der Waals surface area contributed by atoms with E-state index in [4.69, 9.17) is 0 Å². The van der Waals surface area contributed by atoms with Crippen LogP contribution in [-0.2, 0) is 5.41 Å². The van der Waals surface area contributed by atoms with Crippen LogP contribution in [0.15, 0.2) is 212 Å². The van der Waals surface area contributed by atoms with Crippen LogP contribution in [0, 0.1) is 5.92 Å². The Kier molecular flexibility index (Phi) is 6.74. The summed E-state index contributed by atoms with van der Waals surface area (Å²) in [5.41, 5.74) is 13.9. The highest BCUT2D eigenvalue weighted by Crippen LogP contribution is 2.64. The molecule has 0 amide bonds. The van der Waals surface area contributed by atoms with Crippen molar-refractivity contribution in [2.24, 2.45) is 5.92 Å². The first-order valence-corrected chi connectivity index (χ1v) is 19.8. The summed E-state index contributed by atoms with van der Waals surface area (Å²) in [7, 11) is 0. The largest absolute Gasteiger partial charge is 0.334 e. The quantitative estimate of drug-likeness (QED) is 0.165. The zero-order chi connectivity index (χ0) is 36.8. The lowest BCUT2D eigenvalue weighted by molar-refractivity contribution is 0.393. The third-order valence-corrected chi connectivity index (χ3v) is 12.9. The summed E-state index contributed by atoms with van der Waals surface area (Å²) in [6.45, 7) is 0. The normalized spacial score (nSPS) is 19.0. The number of nitrogens with zero attached hydrogens (tertiary/aromatic N) is 1. The summed E-state index contributed by atoms with van der Waals surface area (Å²) in [5, 5.41) is 7.81. The molecule has 0 bridgehead atoms. The van der Waals surface area contributed by atoms with Crippen molar-refractivity contribution in [1.82, 2.24) is 0 Å². The number of para-hydroxylation sites is 2. The standard InChI is InChI=1S/C55H37N/c1-2-15-39(16-3-1)56-52-27-12-10-25-50(52)55(51-26-11-13-28-53(51)56)49-24-9-8-21-46(49)47-23-14-22-40(54(47)55)37-31-29-36(30-32-37)38-33-34-45-43-19-5-4-17-41(43)42-18-6-7-20-44(42)48(45)35-38/h1-35,50,52H. The number of benzene rings is 9. The molecule has 9 aromatic carbocycles. The van der Waals surface area contributed by atoms with Gasteiger partial charge >= 0.3 is 0 Å². The molecule has 2 aliphatic carbocycles. The second kappa shape index (κ2) is 12.0. The molecule has 3 aliphatic rings. The molecule has 3 unspecified atom stereocenters. The smallest absolute Gasteiger partial charge is 0.0603 e. The zero-order valence-electron chi connectivity index (χ0n) is 30.8. The average molecular weight is 712 g/mol. The Hall–Kier alpha value is -6.96. The highest BCUT2D eigenvalue weighted by Gasteiger charge is 2.57. The Morgan fingerprint density at radius 2 is 0.929 bits per heavy atom. The van der Waals surface area contributed by atoms with Gasteiger partial charge in [0.1, 0.15) is 0 Å². The van der Waals surface area contributed by atoms with Crippen molar-refractivity contribution in [3.8, 4) is 33.4 Å². The number of hydrogen-bond donors (Lipinski definition) is 0. The number of hydrogen-bond acceptors (Lipinski definition) is 1. The molecule has 0 saturated carbocycles. The summed E-state index contributed by atoms with van der Waals surface area (Å²) in [6.07, 6.45) is 9.41. The van der Waals surface area contributed by atoms with Crippen molar-refractivity contribution in [3.63, 3.8) is 0 Å². The second-order valence-corrected chi connectivity index (χ2v) is 15.5. The Morgan fingerprint density at radius 3 is 1.70 bits per heavy atom. The van der Waals surface area contributed by atoms with Crippen LogP contribution >= 0.6 is 0 Å². The van der Waals surface area contributed by atoms with Gasteiger partial charge in [0.25, 0.3) is 0 Å². The van der Waals surface area contributed by atoms with Crippen molar-refractivity contribution in [3.05, 3.63) is 229 Å². The average Bonchev–Trinajstić information content (AvgIpc) is 3.58. The van der Waals surface area contributed by atoms with Gasteiger partial charge in [-0.1, -0.05) is 188 Å². The predicted molar refractivity (Wildman–Crippen MR) is 236 cm³/mol. The Labute approximate surface area is 327 Å². The van der Waals surface area contributed by atoms with E-state index < -0.39 is 5.41 Å². The van der Waals surface area contributed by atoms with E-state index in [0.29, 0.717) is 0 Å². The van der Waals surface area contributed by atoms with E-state index >= 15 is 0 Å². The van der Waals surface area contributed by atoms with E-state index in [9.17, 15) is 0 Å². The van der Waals surface area contributed by atoms with Gasteiger partial charge in [0.15, 0.2) is 0 Å². The lowest BCUT2D eigenvalue weighted by Gasteiger charge is -2.53. The first-order chi connectivity index (χ1) is 27.8. The molecule has 1 heterocycles. The first-order valence-electron chi connectivity index (χ1n) is 19.8. The van der Waals surface area contributed by atoms with Crippen molar-refractivity contribution < 1.29 is 0 Å². The lowest BCUT2D eigenvalue weighted by atomic mass is 9.57. The molecule has 9 aromatic rings. The van der Waals surface area contributed by atoms with Crippen LogP contribution < -0.4 is 4.90 Å². The molecule has 0 N–H and O–H groups in total. The number of fused-ring (bicyclic) bond motifs is 15. The van der Waals surface area contributed by atoms with E-state index in [1.54, 1.807) is 0 Å². The summed E-state index contributed by atoms with van der Waals surface area (Å²) in [5.74, 6) is 0.161. The van der Waals surface area contributed by atoms with E-state index in [1.165, 1.54) is 93.8 Å². The van der Waals surface area contributed by atoms with Crippen LogP contribution in [0.2, 0.25) is 0 Å². The fourth-order valence-corrected chi connectivity index (χ4v) is 10.7. The molecule has 56 heavy (non-hydrogen) atoms. The van der Waals surface area contributed by atoms with Gasteiger partial charge in [0.2, 0.25) is 0 Å². The van der Waals surface area contributed by atoms with Crippen molar-refractivity contribution in [1.29, 1.82) is 0 Å². The highest BCUT2D eigenvalue weighted by molar-refractivity contribution is 6.25. The third kappa shape index (κ3) is 4.26. The molecule has 262 valence electrons. The van der Waals surface area contributed by atoms with Crippen LogP contribution in [0.1, 0.15) is 16.7 Å². The topological polar surface area (TPSA) is 3.24 Å². The fraction of sp³-hybridized carbons (Fsp3) is 0.0545. The number of anilines is 2. The van der Waals surface area contributed by atoms with Crippen LogP contribution in [0.3, 0.4) is 0 Å². The summed E-state index contributed by atoms with van der Waals surface area (Å²) in [4.78, 5) is 2.57. The summed E-state index contributed by atoms with van der Waals surface area (Å²) in [6, 6.07) is 70.4. The van der Waals surface area contributed by atoms with E-state index in [2.05, 4.69) is 217 Å². The maximum atomic E-state index is 2.57. The van der Waals surface area contributed by atoms with Crippen molar-refractivity contribution in [2.75, 3.05) is 4.90 Å². The summed E-state index contributed by atoms with van der Waals surface area (Å²) < 4.78 is 0. The van der Waals surface area contributed by atoms with Gasteiger partial charge in [0, 0.05) is 17.3 Å². The molecule has 0 saturated heterocycles. The van der Waals surface area contributed by atoms with Crippen molar-refractivity contribution >= 4 is 43.7 Å². The molecule has 0 aromatic heterocycles. The minimum atomic E-state index is -0.392.